The van der Waals surface area contributed by atoms with Gasteiger partial charge in [0.2, 0.25) is 5.75 Å². The van der Waals surface area contributed by atoms with Crippen LogP contribution in [0, 0.1) is 0 Å². The number of methoxy groups -OCH3 is 4. The molecule has 1 aromatic heterocycles. The molecule has 0 fully saturated rings. The van der Waals surface area contributed by atoms with Gasteiger partial charge in [0.05, 0.1) is 28.4 Å². The molecular formula is C24H24N2O5. The molecule has 2 aromatic carbocycles. The number of nitrogens with zero attached hydrogens (tertiary/aromatic N) is 1. The lowest BCUT2D eigenvalue weighted by Gasteiger charge is -2.36. The van der Waals surface area contributed by atoms with Crippen LogP contribution in [0.3, 0.4) is 0 Å². The van der Waals surface area contributed by atoms with Gasteiger partial charge >= 0.3 is 5.97 Å². The molecule has 0 saturated carbocycles. The lowest BCUT2D eigenvalue weighted by Crippen LogP contribution is -2.31. The molecule has 1 aliphatic carbocycles. The molecule has 3 aromatic rings. The minimum Gasteiger partial charge on any atom is -0.493 e. The van der Waals surface area contributed by atoms with Crippen molar-refractivity contribution in [2.45, 2.75) is 11.8 Å². The van der Waals surface area contributed by atoms with Crippen molar-refractivity contribution in [1.82, 2.24) is 10.2 Å². The largest absolute Gasteiger partial charge is 0.493 e. The number of hydrogen-bond donors (Lipinski definition) is 1. The third kappa shape index (κ3) is 3.22. The summed E-state index contributed by atoms with van der Waals surface area (Å²) < 4.78 is 21.8. The Morgan fingerprint density at radius 1 is 0.968 bits per heavy atom. The quantitative estimate of drug-likeness (QED) is 0.611. The van der Waals surface area contributed by atoms with Gasteiger partial charge in [-0.05, 0) is 11.6 Å². The van der Waals surface area contributed by atoms with Gasteiger partial charge in [-0.2, -0.15) is 5.10 Å². The Bertz CT molecular complexity index is 1140. The molecule has 0 aliphatic heterocycles. The van der Waals surface area contributed by atoms with Gasteiger partial charge < -0.3 is 18.9 Å². The molecule has 1 atom stereocenters. The number of aromatic nitrogens is 2. The molecule has 7 nitrogen and oxygen atoms in total. The minimum absolute atomic E-state index is 0.273. The number of hydrogen-bond acceptors (Lipinski definition) is 6. The summed E-state index contributed by atoms with van der Waals surface area (Å²) in [6.45, 7) is 0. The van der Waals surface area contributed by atoms with Gasteiger partial charge in [-0.1, -0.05) is 48.6 Å². The molecule has 4 rings (SSSR count). The Hall–Kier alpha value is -3.74. The van der Waals surface area contributed by atoms with E-state index in [2.05, 4.69) is 28.4 Å². The highest BCUT2D eigenvalue weighted by Gasteiger charge is 2.40. The van der Waals surface area contributed by atoms with Crippen LogP contribution in [-0.2, 0) is 16.6 Å². The maximum atomic E-state index is 12.1. The molecule has 7 heteroatoms. The smallest absolute Gasteiger partial charge is 0.359 e. The zero-order valence-corrected chi connectivity index (χ0v) is 17.9. The summed E-state index contributed by atoms with van der Waals surface area (Å²) in [6, 6.07) is 14.0. The lowest BCUT2D eigenvalue weighted by atomic mass is 9.68. The van der Waals surface area contributed by atoms with E-state index in [4.69, 9.17) is 18.9 Å². The minimum atomic E-state index is -0.584. The SMILES string of the molecule is COC(=O)c1n[nH]c2c1C=CC(c1ccccc1)(c1ccc(OC)c(OC)c1OC)C2. The maximum absolute atomic E-state index is 12.1. The predicted molar refractivity (Wildman–Crippen MR) is 116 cm³/mol. The lowest BCUT2D eigenvalue weighted by molar-refractivity contribution is 0.0593. The van der Waals surface area contributed by atoms with Gasteiger partial charge in [0.1, 0.15) is 0 Å². The summed E-state index contributed by atoms with van der Waals surface area (Å²) in [5, 5.41) is 7.22. The van der Waals surface area contributed by atoms with Gasteiger partial charge in [-0.15, -0.1) is 0 Å². The number of nitrogens with one attached hydrogen (secondary N) is 1. The van der Waals surface area contributed by atoms with Gasteiger partial charge in [0.15, 0.2) is 17.2 Å². The zero-order chi connectivity index (χ0) is 22.0. The van der Waals surface area contributed by atoms with Crippen molar-refractivity contribution in [1.29, 1.82) is 0 Å². The van der Waals surface area contributed by atoms with Crippen molar-refractivity contribution in [2.75, 3.05) is 28.4 Å². The summed E-state index contributed by atoms with van der Waals surface area (Å²) in [6.07, 6.45) is 4.53. The van der Waals surface area contributed by atoms with Crippen LogP contribution >= 0.6 is 0 Å². The van der Waals surface area contributed by atoms with E-state index in [-0.39, 0.29) is 5.69 Å². The normalized spacial score (nSPS) is 17.0. The van der Waals surface area contributed by atoms with Crippen LogP contribution in [0.15, 0.2) is 48.5 Å². The highest BCUT2D eigenvalue weighted by Crippen LogP contribution is 2.50. The van der Waals surface area contributed by atoms with Crippen LogP contribution in [0.2, 0.25) is 0 Å². The first-order valence-electron chi connectivity index (χ1n) is 9.79. The molecule has 160 valence electrons. The maximum Gasteiger partial charge on any atom is 0.359 e. The number of fused-ring (bicyclic) bond motifs is 1. The average molecular weight is 420 g/mol. The molecular weight excluding hydrogens is 396 g/mol. The fourth-order valence-electron chi connectivity index (χ4n) is 4.24. The molecule has 0 radical (unpaired) electrons. The van der Waals surface area contributed by atoms with Crippen LogP contribution in [0.4, 0.5) is 0 Å². The molecule has 1 unspecified atom stereocenters. The van der Waals surface area contributed by atoms with Crippen molar-refractivity contribution >= 4 is 12.0 Å². The van der Waals surface area contributed by atoms with Crippen LogP contribution in [0.1, 0.15) is 32.9 Å². The van der Waals surface area contributed by atoms with E-state index < -0.39 is 11.4 Å². The molecule has 1 N–H and O–H groups in total. The van der Waals surface area contributed by atoms with Crippen molar-refractivity contribution in [2.24, 2.45) is 0 Å². The van der Waals surface area contributed by atoms with Gasteiger partial charge in [0, 0.05) is 28.7 Å². The average Bonchev–Trinajstić information content (AvgIpc) is 3.25. The first-order chi connectivity index (χ1) is 15.1. The van der Waals surface area contributed by atoms with E-state index in [0.29, 0.717) is 23.7 Å². The van der Waals surface area contributed by atoms with E-state index in [1.807, 2.05) is 36.4 Å². The second kappa shape index (κ2) is 8.18. The number of aromatic amines is 1. The topological polar surface area (TPSA) is 82.7 Å². The Morgan fingerprint density at radius 2 is 1.71 bits per heavy atom. The van der Waals surface area contributed by atoms with Crippen LogP contribution in [0.25, 0.3) is 6.08 Å². The Kier molecular flexibility index (Phi) is 5.42. The summed E-state index contributed by atoms with van der Waals surface area (Å²) in [4.78, 5) is 12.1. The number of ether oxygens (including phenoxy) is 4. The Morgan fingerprint density at radius 3 is 2.35 bits per heavy atom. The van der Waals surface area contributed by atoms with Crippen molar-refractivity contribution in [3.05, 3.63) is 76.6 Å². The van der Waals surface area contributed by atoms with E-state index in [1.54, 1.807) is 21.3 Å². The number of carbonyl (C=O) groups is 1. The number of carbonyl (C=O) groups excluding carboxylic acids is 1. The highest BCUT2D eigenvalue weighted by atomic mass is 16.5. The van der Waals surface area contributed by atoms with Gasteiger partial charge in [0.25, 0.3) is 0 Å². The number of benzene rings is 2. The van der Waals surface area contributed by atoms with Gasteiger partial charge in [-0.3, -0.25) is 5.10 Å². The highest BCUT2D eigenvalue weighted by molar-refractivity contribution is 5.92. The second-order valence-corrected chi connectivity index (χ2v) is 7.19. The molecule has 0 saturated heterocycles. The number of rotatable bonds is 6. The van der Waals surface area contributed by atoms with Gasteiger partial charge in [-0.25, -0.2) is 4.79 Å². The monoisotopic (exact) mass is 420 g/mol. The summed E-state index contributed by atoms with van der Waals surface area (Å²) in [5.74, 6) is 1.22. The van der Waals surface area contributed by atoms with E-state index >= 15 is 0 Å². The molecule has 1 heterocycles. The third-order valence-electron chi connectivity index (χ3n) is 5.73. The summed E-state index contributed by atoms with van der Waals surface area (Å²) in [5.41, 5.74) is 3.24. The van der Waals surface area contributed by atoms with Crippen molar-refractivity contribution < 1.29 is 23.7 Å². The first-order valence-corrected chi connectivity index (χ1v) is 9.79. The molecule has 31 heavy (non-hydrogen) atoms. The predicted octanol–water partition coefficient (Wildman–Crippen LogP) is 3.78. The van der Waals surface area contributed by atoms with Crippen molar-refractivity contribution in [3.63, 3.8) is 0 Å². The van der Waals surface area contributed by atoms with E-state index in [1.165, 1.54) is 7.11 Å². The molecule has 0 bridgehead atoms. The fraction of sp³-hybridized carbons (Fsp3) is 0.250. The zero-order valence-electron chi connectivity index (χ0n) is 17.9. The van der Waals surface area contributed by atoms with Crippen LogP contribution in [0.5, 0.6) is 17.2 Å². The number of H-pyrrole nitrogens is 1. The standard InChI is InChI=1S/C24H24N2O5/c1-28-19-11-10-17(21(29-2)22(19)30-3)24(15-8-6-5-7-9-15)13-12-16-18(14-24)25-26-20(16)23(27)31-4/h5-13H,14H2,1-4H3,(H,25,26). The molecule has 0 spiro atoms. The Labute approximate surface area is 180 Å². The van der Waals surface area contributed by atoms with E-state index in [9.17, 15) is 4.79 Å². The van der Waals surface area contributed by atoms with E-state index in [0.717, 1.165) is 22.4 Å². The molecule has 0 amide bonds. The fourth-order valence-corrected chi connectivity index (χ4v) is 4.24. The second-order valence-electron chi connectivity index (χ2n) is 7.19. The van der Waals surface area contributed by atoms with Crippen LogP contribution < -0.4 is 14.2 Å². The summed E-state index contributed by atoms with van der Waals surface area (Å²) in [7, 11) is 6.14. The molecule has 1 aliphatic rings. The summed E-state index contributed by atoms with van der Waals surface area (Å²) >= 11 is 0. The third-order valence-corrected chi connectivity index (χ3v) is 5.73. The first kappa shape index (κ1) is 20.5. The number of esters is 1. The van der Waals surface area contributed by atoms with Crippen molar-refractivity contribution in [3.8, 4) is 17.2 Å². The Balaban J connectivity index is 1.96. The van der Waals surface area contributed by atoms with Crippen LogP contribution in [-0.4, -0.2) is 44.6 Å². The number of allylic oxidation sites excluding steroid dienone is 1.